The molecule has 15 heavy (non-hydrogen) atoms. The van der Waals surface area contributed by atoms with Crippen molar-refractivity contribution < 1.29 is 0 Å². The number of hydrogen-bond donors (Lipinski definition) is 0. The SMILES string of the molecule is O=c1c(Br)cccn1Cc1sccc1Br. The first kappa shape index (κ1) is 11.1. The molecule has 0 radical (unpaired) electrons. The molecule has 0 saturated heterocycles. The lowest BCUT2D eigenvalue weighted by molar-refractivity contribution is 0.763. The molecule has 78 valence electrons. The predicted octanol–water partition coefficient (Wildman–Crippen LogP) is 3.48. The molecular formula is C10H7Br2NOS. The van der Waals surface area contributed by atoms with Gasteiger partial charge in [0.15, 0.2) is 0 Å². The molecule has 0 amide bonds. The molecule has 0 N–H and O–H groups in total. The second-order valence-corrected chi connectivity index (χ2v) is 5.69. The number of thiophene rings is 1. The summed E-state index contributed by atoms with van der Waals surface area (Å²) < 4.78 is 3.33. The summed E-state index contributed by atoms with van der Waals surface area (Å²) >= 11 is 8.31. The van der Waals surface area contributed by atoms with Crippen LogP contribution in [0.3, 0.4) is 0 Å². The van der Waals surface area contributed by atoms with Crippen molar-refractivity contribution in [3.8, 4) is 0 Å². The molecule has 0 aliphatic rings. The molecule has 0 atom stereocenters. The smallest absolute Gasteiger partial charge is 0.265 e. The minimum atomic E-state index is -0.00204. The summed E-state index contributed by atoms with van der Waals surface area (Å²) in [5.74, 6) is 0. The zero-order chi connectivity index (χ0) is 10.8. The van der Waals surface area contributed by atoms with Gasteiger partial charge in [0, 0.05) is 15.5 Å². The quantitative estimate of drug-likeness (QED) is 0.814. The van der Waals surface area contributed by atoms with Crippen LogP contribution in [-0.2, 0) is 6.54 Å². The Hall–Kier alpha value is -0.390. The van der Waals surface area contributed by atoms with Gasteiger partial charge in [0.05, 0.1) is 11.0 Å². The van der Waals surface area contributed by atoms with Gasteiger partial charge in [-0.25, -0.2) is 0 Å². The zero-order valence-corrected chi connectivity index (χ0v) is 11.6. The molecule has 2 rings (SSSR count). The summed E-state index contributed by atoms with van der Waals surface area (Å²) in [6, 6.07) is 5.60. The molecule has 0 bridgehead atoms. The van der Waals surface area contributed by atoms with Crippen molar-refractivity contribution in [2.24, 2.45) is 0 Å². The highest BCUT2D eigenvalue weighted by Crippen LogP contribution is 2.23. The van der Waals surface area contributed by atoms with E-state index in [1.165, 1.54) is 0 Å². The monoisotopic (exact) mass is 347 g/mol. The van der Waals surface area contributed by atoms with Crippen molar-refractivity contribution in [1.29, 1.82) is 0 Å². The minimum Gasteiger partial charge on any atom is -0.309 e. The topological polar surface area (TPSA) is 22.0 Å². The molecule has 2 aromatic rings. The maximum atomic E-state index is 11.7. The van der Waals surface area contributed by atoms with Gasteiger partial charge in [0.25, 0.3) is 5.56 Å². The second-order valence-electron chi connectivity index (χ2n) is 2.98. The van der Waals surface area contributed by atoms with Crippen LogP contribution in [0.15, 0.2) is 43.5 Å². The van der Waals surface area contributed by atoms with Gasteiger partial charge in [-0.05, 0) is 55.4 Å². The Morgan fingerprint density at radius 3 is 2.73 bits per heavy atom. The van der Waals surface area contributed by atoms with E-state index in [0.29, 0.717) is 11.0 Å². The average Bonchev–Trinajstić information content (AvgIpc) is 2.60. The standard InChI is InChI=1S/C10H7Br2NOS/c11-7-3-5-15-9(7)6-13-4-1-2-8(12)10(13)14/h1-5H,6H2. The van der Waals surface area contributed by atoms with E-state index >= 15 is 0 Å². The fourth-order valence-electron chi connectivity index (χ4n) is 1.22. The Balaban J connectivity index is 2.37. The number of nitrogens with zero attached hydrogens (tertiary/aromatic N) is 1. The largest absolute Gasteiger partial charge is 0.309 e. The highest BCUT2D eigenvalue weighted by Gasteiger charge is 2.04. The van der Waals surface area contributed by atoms with Crippen molar-refractivity contribution >= 4 is 43.2 Å². The van der Waals surface area contributed by atoms with E-state index in [1.54, 1.807) is 28.2 Å². The van der Waals surface area contributed by atoms with Gasteiger partial charge in [-0.15, -0.1) is 11.3 Å². The van der Waals surface area contributed by atoms with Crippen LogP contribution < -0.4 is 5.56 Å². The molecule has 0 aliphatic heterocycles. The number of halogens is 2. The van der Waals surface area contributed by atoms with Crippen LogP contribution in [-0.4, -0.2) is 4.57 Å². The summed E-state index contributed by atoms with van der Waals surface area (Å²) in [5.41, 5.74) is -0.00204. The van der Waals surface area contributed by atoms with E-state index in [1.807, 2.05) is 17.5 Å². The molecule has 5 heteroatoms. The first-order valence-electron chi connectivity index (χ1n) is 4.25. The summed E-state index contributed by atoms with van der Waals surface area (Å²) in [6.45, 7) is 0.608. The Kier molecular flexibility index (Phi) is 3.43. The zero-order valence-electron chi connectivity index (χ0n) is 7.61. The maximum Gasteiger partial charge on any atom is 0.265 e. The van der Waals surface area contributed by atoms with E-state index < -0.39 is 0 Å². The average molecular weight is 349 g/mol. The van der Waals surface area contributed by atoms with Gasteiger partial charge in [-0.3, -0.25) is 4.79 Å². The second kappa shape index (κ2) is 4.63. The fraction of sp³-hybridized carbons (Fsp3) is 0.100. The van der Waals surface area contributed by atoms with Crippen molar-refractivity contribution in [2.45, 2.75) is 6.54 Å². The van der Waals surface area contributed by atoms with Gasteiger partial charge >= 0.3 is 0 Å². The Morgan fingerprint density at radius 2 is 2.07 bits per heavy atom. The summed E-state index contributed by atoms with van der Waals surface area (Å²) in [6.07, 6.45) is 1.79. The first-order valence-corrected chi connectivity index (χ1v) is 6.72. The van der Waals surface area contributed by atoms with Crippen LogP contribution in [0, 0.1) is 0 Å². The normalized spacial score (nSPS) is 10.5. The molecular weight excluding hydrogens is 342 g/mol. The van der Waals surface area contributed by atoms with Crippen LogP contribution in [0.25, 0.3) is 0 Å². The van der Waals surface area contributed by atoms with Crippen molar-refractivity contribution in [2.75, 3.05) is 0 Å². The Bertz CT molecular complexity index is 532. The predicted molar refractivity (Wildman–Crippen MR) is 69.5 cm³/mol. The molecule has 0 spiro atoms. The molecule has 2 aromatic heterocycles. The Labute approximate surface area is 108 Å². The van der Waals surface area contributed by atoms with Crippen molar-refractivity contribution in [1.82, 2.24) is 4.57 Å². The van der Waals surface area contributed by atoms with Gasteiger partial charge in [0.1, 0.15) is 0 Å². The molecule has 2 nitrogen and oxygen atoms in total. The van der Waals surface area contributed by atoms with E-state index in [0.717, 1.165) is 9.35 Å². The summed E-state index contributed by atoms with van der Waals surface area (Å²) in [4.78, 5) is 12.9. The van der Waals surface area contributed by atoms with Gasteiger partial charge < -0.3 is 4.57 Å². The summed E-state index contributed by atoms with van der Waals surface area (Å²) in [5, 5.41) is 2.00. The van der Waals surface area contributed by atoms with Crippen LogP contribution in [0.1, 0.15) is 4.88 Å². The van der Waals surface area contributed by atoms with Gasteiger partial charge in [0.2, 0.25) is 0 Å². The van der Waals surface area contributed by atoms with E-state index in [-0.39, 0.29) is 5.56 Å². The molecule has 0 fully saturated rings. The fourth-order valence-corrected chi connectivity index (χ4v) is 3.08. The minimum absolute atomic E-state index is 0.00204. The number of pyridine rings is 1. The lowest BCUT2D eigenvalue weighted by Gasteiger charge is -2.04. The highest BCUT2D eigenvalue weighted by atomic mass is 79.9. The van der Waals surface area contributed by atoms with Crippen LogP contribution in [0.5, 0.6) is 0 Å². The third-order valence-electron chi connectivity index (χ3n) is 1.98. The summed E-state index contributed by atoms with van der Waals surface area (Å²) in [7, 11) is 0. The number of hydrogen-bond acceptors (Lipinski definition) is 2. The third kappa shape index (κ3) is 2.41. The van der Waals surface area contributed by atoms with Gasteiger partial charge in [-0.2, -0.15) is 0 Å². The molecule has 0 aromatic carbocycles. The number of aromatic nitrogens is 1. The van der Waals surface area contributed by atoms with E-state index in [4.69, 9.17) is 0 Å². The van der Waals surface area contributed by atoms with Crippen LogP contribution in [0.4, 0.5) is 0 Å². The van der Waals surface area contributed by atoms with Crippen LogP contribution in [0.2, 0.25) is 0 Å². The van der Waals surface area contributed by atoms with Crippen molar-refractivity contribution in [3.05, 3.63) is 54.0 Å². The lowest BCUT2D eigenvalue weighted by Crippen LogP contribution is -2.19. The maximum absolute atomic E-state index is 11.7. The lowest BCUT2D eigenvalue weighted by atomic mass is 10.4. The Morgan fingerprint density at radius 1 is 1.27 bits per heavy atom. The third-order valence-corrected chi connectivity index (χ3v) is 4.49. The van der Waals surface area contributed by atoms with E-state index in [9.17, 15) is 4.79 Å². The van der Waals surface area contributed by atoms with Gasteiger partial charge in [-0.1, -0.05) is 0 Å². The number of rotatable bonds is 2. The van der Waals surface area contributed by atoms with Crippen molar-refractivity contribution in [3.63, 3.8) is 0 Å². The first-order chi connectivity index (χ1) is 7.18. The van der Waals surface area contributed by atoms with E-state index in [2.05, 4.69) is 31.9 Å². The van der Waals surface area contributed by atoms with Crippen LogP contribution >= 0.6 is 43.2 Å². The molecule has 0 unspecified atom stereocenters. The molecule has 0 saturated carbocycles. The highest BCUT2D eigenvalue weighted by molar-refractivity contribution is 9.10. The molecule has 2 heterocycles. The molecule has 0 aliphatic carbocycles.